The quantitative estimate of drug-likeness (QED) is 0.745. The van der Waals surface area contributed by atoms with Gasteiger partial charge in [-0.1, -0.05) is 0 Å². The monoisotopic (exact) mass is 218 g/mol. The van der Waals surface area contributed by atoms with Crippen LogP contribution in [0.4, 0.5) is 4.39 Å². The predicted molar refractivity (Wildman–Crippen MR) is 54.3 cm³/mol. The van der Waals surface area contributed by atoms with Crippen LogP contribution in [0.25, 0.3) is 0 Å². The number of rotatable bonds is 4. The summed E-state index contributed by atoms with van der Waals surface area (Å²) in [5.74, 6) is -0.0264. The normalized spacial score (nSPS) is 10.4. The summed E-state index contributed by atoms with van der Waals surface area (Å²) in [6.45, 7) is 0.424. The van der Waals surface area contributed by atoms with Crippen molar-refractivity contribution in [1.82, 2.24) is 9.55 Å². The van der Waals surface area contributed by atoms with Crippen molar-refractivity contribution in [2.75, 3.05) is 12.0 Å². The molecule has 0 spiro atoms. The lowest BCUT2D eigenvalue weighted by Crippen LogP contribution is -2.31. The van der Waals surface area contributed by atoms with Gasteiger partial charge in [0.2, 0.25) is 5.82 Å². The number of hydrogen-bond acceptors (Lipinski definition) is 3. The van der Waals surface area contributed by atoms with Gasteiger partial charge < -0.3 is 0 Å². The molecule has 1 N–H and O–H groups in total. The summed E-state index contributed by atoms with van der Waals surface area (Å²) in [4.78, 5) is 23.7. The Kier molecular flexibility index (Phi) is 3.94. The number of nitrogens with zero attached hydrogens (tertiary/aromatic N) is 1. The van der Waals surface area contributed by atoms with E-state index in [-0.39, 0.29) is 0 Å². The van der Waals surface area contributed by atoms with Gasteiger partial charge in [0.25, 0.3) is 5.56 Å². The summed E-state index contributed by atoms with van der Waals surface area (Å²) in [7, 11) is 0. The molecule has 1 aromatic rings. The molecule has 0 saturated carbocycles. The topological polar surface area (TPSA) is 54.9 Å². The molecule has 0 saturated heterocycles. The van der Waals surface area contributed by atoms with Gasteiger partial charge in [0.1, 0.15) is 0 Å². The first-order valence-electron chi connectivity index (χ1n) is 4.13. The SMILES string of the molecule is CSCCCn1cc(F)c(=O)[nH]c1=O. The number of aromatic nitrogens is 2. The molecular formula is C8H11FN2O2S. The third-order valence-corrected chi connectivity index (χ3v) is 2.41. The van der Waals surface area contributed by atoms with Crippen LogP contribution in [0.3, 0.4) is 0 Å². The molecule has 1 rings (SSSR count). The summed E-state index contributed by atoms with van der Waals surface area (Å²) >= 11 is 1.65. The van der Waals surface area contributed by atoms with Gasteiger partial charge in [-0.15, -0.1) is 0 Å². The van der Waals surface area contributed by atoms with Crippen LogP contribution >= 0.6 is 11.8 Å². The molecule has 0 amide bonds. The molecule has 1 aromatic heterocycles. The molecule has 0 aliphatic heterocycles. The van der Waals surface area contributed by atoms with Crippen LogP contribution in [0.5, 0.6) is 0 Å². The fourth-order valence-corrected chi connectivity index (χ4v) is 1.45. The molecule has 0 unspecified atom stereocenters. The van der Waals surface area contributed by atoms with E-state index in [4.69, 9.17) is 0 Å². The molecule has 14 heavy (non-hydrogen) atoms. The molecule has 0 bridgehead atoms. The Morgan fingerprint density at radius 2 is 2.29 bits per heavy atom. The lowest BCUT2D eigenvalue weighted by Gasteiger charge is -2.03. The summed E-state index contributed by atoms with van der Waals surface area (Å²) in [5, 5.41) is 0. The van der Waals surface area contributed by atoms with Crippen molar-refractivity contribution in [2.24, 2.45) is 0 Å². The van der Waals surface area contributed by atoms with E-state index >= 15 is 0 Å². The van der Waals surface area contributed by atoms with Crippen LogP contribution in [0.15, 0.2) is 15.8 Å². The molecule has 4 nitrogen and oxygen atoms in total. The van der Waals surface area contributed by atoms with E-state index in [1.165, 1.54) is 4.57 Å². The first-order valence-corrected chi connectivity index (χ1v) is 5.52. The molecule has 0 aromatic carbocycles. The molecule has 0 atom stereocenters. The Labute approximate surface area is 84.2 Å². The van der Waals surface area contributed by atoms with E-state index in [1.807, 2.05) is 11.2 Å². The highest BCUT2D eigenvalue weighted by molar-refractivity contribution is 7.98. The maximum Gasteiger partial charge on any atom is 0.328 e. The van der Waals surface area contributed by atoms with E-state index in [9.17, 15) is 14.0 Å². The number of thioether (sulfide) groups is 1. The smallest absolute Gasteiger partial charge is 0.298 e. The second-order valence-electron chi connectivity index (χ2n) is 2.78. The minimum absolute atomic E-state index is 0.424. The maximum atomic E-state index is 12.8. The second-order valence-corrected chi connectivity index (χ2v) is 3.76. The molecule has 78 valence electrons. The molecule has 0 radical (unpaired) electrons. The van der Waals surface area contributed by atoms with Crippen molar-refractivity contribution < 1.29 is 4.39 Å². The third kappa shape index (κ3) is 2.73. The molecule has 6 heteroatoms. The molecule has 0 aliphatic rings. The highest BCUT2D eigenvalue weighted by Crippen LogP contribution is 1.96. The molecule has 0 aliphatic carbocycles. The van der Waals surface area contributed by atoms with E-state index < -0.39 is 17.1 Å². The largest absolute Gasteiger partial charge is 0.328 e. The van der Waals surface area contributed by atoms with E-state index in [0.29, 0.717) is 6.54 Å². The van der Waals surface area contributed by atoms with E-state index in [1.54, 1.807) is 11.8 Å². The molecule has 1 heterocycles. The molecule has 0 fully saturated rings. The van der Waals surface area contributed by atoms with Crippen molar-refractivity contribution in [1.29, 1.82) is 0 Å². The first kappa shape index (κ1) is 11.0. The van der Waals surface area contributed by atoms with Crippen molar-refractivity contribution >= 4 is 11.8 Å². The summed E-state index contributed by atoms with van der Waals surface area (Å²) in [6.07, 6.45) is 3.67. The summed E-state index contributed by atoms with van der Waals surface area (Å²) in [5.41, 5.74) is -1.52. The number of aryl methyl sites for hydroxylation is 1. The number of aromatic amines is 1. The molecular weight excluding hydrogens is 207 g/mol. The van der Waals surface area contributed by atoms with Gasteiger partial charge >= 0.3 is 5.69 Å². The average Bonchev–Trinajstić information content (AvgIpc) is 2.14. The minimum atomic E-state index is -0.962. The van der Waals surface area contributed by atoms with Crippen molar-refractivity contribution in [3.8, 4) is 0 Å². The fourth-order valence-electron chi connectivity index (χ4n) is 1.03. The van der Waals surface area contributed by atoms with Crippen molar-refractivity contribution in [3.05, 3.63) is 32.9 Å². The van der Waals surface area contributed by atoms with Gasteiger partial charge in [0.05, 0.1) is 6.20 Å². The van der Waals surface area contributed by atoms with E-state index in [2.05, 4.69) is 0 Å². The number of halogens is 1. The lowest BCUT2D eigenvalue weighted by molar-refractivity contribution is 0.547. The average molecular weight is 218 g/mol. The van der Waals surface area contributed by atoms with Gasteiger partial charge in [0, 0.05) is 6.54 Å². The van der Waals surface area contributed by atoms with Crippen molar-refractivity contribution in [3.63, 3.8) is 0 Å². The lowest BCUT2D eigenvalue weighted by atomic mass is 10.4. The highest BCUT2D eigenvalue weighted by atomic mass is 32.2. The Balaban J connectivity index is 2.82. The summed E-state index contributed by atoms with van der Waals surface area (Å²) in [6, 6.07) is 0. The Morgan fingerprint density at radius 1 is 1.57 bits per heavy atom. The summed E-state index contributed by atoms with van der Waals surface area (Å²) < 4.78 is 13.9. The fraction of sp³-hybridized carbons (Fsp3) is 0.500. The number of H-pyrrole nitrogens is 1. The van der Waals surface area contributed by atoms with Crippen molar-refractivity contribution in [2.45, 2.75) is 13.0 Å². The van der Waals surface area contributed by atoms with Crippen LogP contribution < -0.4 is 11.2 Å². The highest BCUT2D eigenvalue weighted by Gasteiger charge is 2.02. The zero-order chi connectivity index (χ0) is 10.6. The van der Waals surface area contributed by atoms with Crippen LogP contribution in [-0.4, -0.2) is 21.6 Å². The number of nitrogens with one attached hydrogen (secondary N) is 1. The zero-order valence-electron chi connectivity index (χ0n) is 7.75. The second kappa shape index (κ2) is 4.99. The van der Waals surface area contributed by atoms with Gasteiger partial charge in [-0.05, 0) is 18.4 Å². The Hall–Kier alpha value is -1.04. The van der Waals surface area contributed by atoms with Crippen LogP contribution in [0.2, 0.25) is 0 Å². The maximum absolute atomic E-state index is 12.8. The van der Waals surface area contributed by atoms with Gasteiger partial charge in [-0.25, -0.2) is 4.79 Å². The third-order valence-electron chi connectivity index (χ3n) is 1.71. The van der Waals surface area contributed by atoms with Crippen LogP contribution in [0, 0.1) is 5.82 Å². The van der Waals surface area contributed by atoms with Gasteiger partial charge in [-0.2, -0.15) is 16.2 Å². The first-order chi connectivity index (χ1) is 6.65. The van der Waals surface area contributed by atoms with Gasteiger partial charge in [0.15, 0.2) is 0 Å². The zero-order valence-corrected chi connectivity index (χ0v) is 8.57. The van der Waals surface area contributed by atoms with Crippen LogP contribution in [0.1, 0.15) is 6.42 Å². The predicted octanol–water partition coefficient (Wildman–Crippen LogP) is 0.429. The Morgan fingerprint density at radius 3 is 2.93 bits per heavy atom. The standard InChI is InChI=1S/C8H11FN2O2S/c1-14-4-2-3-11-5-6(9)7(12)10-8(11)13/h5H,2-4H2,1H3,(H,10,12,13). The number of hydrogen-bond donors (Lipinski definition) is 1. The Bertz CT molecular complexity index is 413. The van der Waals surface area contributed by atoms with Crippen LogP contribution in [-0.2, 0) is 6.54 Å². The van der Waals surface area contributed by atoms with E-state index in [0.717, 1.165) is 18.4 Å². The minimum Gasteiger partial charge on any atom is -0.298 e. The van der Waals surface area contributed by atoms with Gasteiger partial charge in [-0.3, -0.25) is 14.3 Å².